The molecule has 3 aliphatic heterocycles. The summed E-state index contributed by atoms with van der Waals surface area (Å²) in [4.78, 5) is 48.0. The number of amides is 1. The highest BCUT2D eigenvalue weighted by molar-refractivity contribution is 6.30. The van der Waals surface area contributed by atoms with Crippen LogP contribution in [0.4, 0.5) is 14.6 Å². The molecule has 0 spiro atoms. The summed E-state index contributed by atoms with van der Waals surface area (Å²) in [5.41, 5.74) is 9.77. The number of hydrogen-bond donors (Lipinski definition) is 2. The number of nitrogens with zero attached hydrogens (tertiary/aromatic N) is 6. The van der Waals surface area contributed by atoms with Crippen molar-refractivity contribution in [2.45, 2.75) is 69.7 Å². The summed E-state index contributed by atoms with van der Waals surface area (Å²) in [7, 11) is 0. The van der Waals surface area contributed by atoms with Crippen LogP contribution < -0.4 is 10.6 Å². The van der Waals surface area contributed by atoms with E-state index in [9.17, 15) is 9.59 Å². The third kappa shape index (κ3) is 9.99. The Morgan fingerprint density at radius 3 is 2.28 bits per heavy atom. The van der Waals surface area contributed by atoms with Crippen molar-refractivity contribution < 1.29 is 18.4 Å². The predicted molar refractivity (Wildman–Crippen MR) is 238 cm³/mol. The number of piperidine rings is 2. The minimum atomic E-state index is -0.849. The van der Waals surface area contributed by atoms with Crippen LogP contribution in [0.1, 0.15) is 79.3 Å². The lowest BCUT2D eigenvalue weighted by molar-refractivity contribution is -0.125. The molecule has 61 heavy (non-hydrogen) atoms. The number of H-pyrrole nitrogens is 1. The molecule has 5 aromatic rings. The first-order valence-electron chi connectivity index (χ1n) is 22.0. The molecule has 0 radical (unpaired) electrons. The molecule has 3 N–H and O–H groups in total. The number of carbonyl (C=O) groups excluding carboxylic acids is 2. The maximum atomic E-state index is 15.3. The summed E-state index contributed by atoms with van der Waals surface area (Å²) in [5, 5.41) is 1.67. The van der Waals surface area contributed by atoms with E-state index in [0.717, 1.165) is 99.4 Å². The first kappa shape index (κ1) is 42.9. The van der Waals surface area contributed by atoms with Crippen molar-refractivity contribution in [3.8, 4) is 11.1 Å². The fourth-order valence-electron chi connectivity index (χ4n) is 9.56. The monoisotopic (exact) mass is 850 g/mol. The van der Waals surface area contributed by atoms with Crippen LogP contribution in [0.3, 0.4) is 0 Å². The zero-order valence-electron chi connectivity index (χ0n) is 35.1. The molecule has 1 atom stereocenters. The van der Waals surface area contributed by atoms with Crippen molar-refractivity contribution in [1.82, 2.24) is 29.7 Å². The Labute approximate surface area is 362 Å². The molecule has 0 saturated carbocycles. The number of piperazine rings is 1. The molecular weight excluding hydrogens is 794 g/mol. The summed E-state index contributed by atoms with van der Waals surface area (Å²) >= 11 is 6.27. The van der Waals surface area contributed by atoms with Gasteiger partial charge in [-0.05, 0) is 116 Å². The quantitative estimate of drug-likeness (QED) is 0.115. The average Bonchev–Trinajstić information content (AvgIpc) is 3.77. The van der Waals surface area contributed by atoms with Crippen LogP contribution >= 0.6 is 11.6 Å². The van der Waals surface area contributed by atoms with Crippen molar-refractivity contribution >= 4 is 40.1 Å². The Morgan fingerprint density at radius 2 is 1.57 bits per heavy atom. The fraction of sp³-hybridized carbons (Fsp3) is 0.458. The van der Waals surface area contributed by atoms with Gasteiger partial charge in [0.05, 0.1) is 10.9 Å². The van der Waals surface area contributed by atoms with E-state index >= 15 is 8.78 Å². The van der Waals surface area contributed by atoms with E-state index in [0.29, 0.717) is 61.9 Å². The third-order valence-electron chi connectivity index (χ3n) is 13.5. The summed E-state index contributed by atoms with van der Waals surface area (Å²) in [6.07, 6.45) is 9.13. The number of carbonyl (C=O) groups is 2. The zero-order valence-corrected chi connectivity index (χ0v) is 35.9. The van der Waals surface area contributed by atoms with E-state index < -0.39 is 28.6 Å². The van der Waals surface area contributed by atoms with Crippen LogP contribution in [-0.2, 0) is 11.2 Å². The van der Waals surface area contributed by atoms with Crippen molar-refractivity contribution in [3.05, 3.63) is 113 Å². The molecule has 10 nitrogen and oxygen atoms in total. The van der Waals surface area contributed by atoms with E-state index in [1.807, 2.05) is 55.6 Å². The number of nitrogens with two attached hydrogens (primary N) is 1. The van der Waals surface area contributed by atoms with Gasteiger partial charge < -0.3 is 30.3 Å². The fourth-order valence-corrected chi connectivity index (χ4v) is 9.69. The summed E-state index contributed by atoms with van der Waals surface area (Å²) in [5.74, 6) is -0.565. The van der Waals surface area contributed by atoms with Gasteiger partial charge in [0, 0.05) is 76.5 Å². The maximum absolute atomic E-state index is 15.3. The van der Waals surface area contributed by atoms with Crippen molar-refractivity contribution in [2.24, 2.45) is 11.7 Å². The Morgan fingerprint density at radius 1 is 0.869 bits per heavy atom. The second-order valence-corrected chi connectivity index (χ2v) is 17.8. The SMILES string of the molecule is CCc1cccc(-c2cc(F)c(C(=O)N3CCC(CN4CCN(CC[C@H](CCC(=O)C5(N)CCN(c6ncnc7[nH]ccc67)CC5)c5ccc(Cl)cc5)CC4)CC3)c(F)c2)c1. The number of aryl methyl sites for hydroxylation is 1. The molecule has 1 amide bonds. The van der Waals surface area contributed by atoms with Gasteiger partial charge in [-0.3, -0.25) is 9.59 Å². The first-order chi connectivity index (χ1) is 29.6. The predicted octanol–water partition coefficient (Wildman–Crippen LogP) is 8.11. The number of benzene rings is 3. The molecule has 3 aromatic carbocycles. The number of ketones is 1. The van der Waals surface area contributed by atoms with E-state index in [1.54, 1.807) is 11.2 Å². The summed E-state index contributed by atoms with van der Waals surface area (Å²) < 4.78 is 30.6. The number of halogens is 3. The minimum Gasteiger partial charge on any atom is -0.356 e. The Balaban J connectivity index is 0.787. The number of hydrogen-bond acceptors (Lipinski definition) is 8. The largest absolute Gasteiger partial charge is 0.356 e. The maximum Gasteiger partial charge on any atom is 0.259 e. The third-order valence-corrected chi connectivity index (χ3v) is 13.8. The number of likely N-dealkylation sites (tertiary alicyclic amines) is 1. The Hall–Kier alpha value is -4.75. The highest BCUT2D eigenvalue weighted by Crippen LogP contribution is 2.33. The molecule has 2 aromatic heterocycles. The second kappa shape index (κ2) is 19.1. The van der Waals surface area contributed by atoms with Crippen LogP contribution in [0.5, 0.6) is 0 Å². The van der Waals surface area contributed by atoms with Gasteiger partial charge >= 0.3 is 0 Å². The molecule has 3 aliphatic rings. The normalized spacial score (nSPS) is 18.4. The first-order valence-corrected chi connectivity index (χ1v) is 22.4. The minimum absolute atomic E-state index is 0.131. The van der Waals surface area contributed by atoms with Crippen LogP contribution in [0.25, 0.3) is 22.2 Å². The van der Waals surface area contributed by atoms with Crippen molar-refractivity contribution in [2.75, 3.05) is 70.3 Å². The smallest absolute Gasteiger partial charge is 0.259 e. The van der Waals surface area contributed by atoms with Gasteiger partial charge in [-0.15, -0.1) is 0 Å². The molecule has 0 unspecified atom stereocenters. The molecule has 13 heteroatoms. The van der Waals surface area contributed by atoms with Gasteiger partial charge in [0.25, 0.3) is 5.91 Å². The van der Waals surface area contributed by atoms with Crippen molar-refractivity contribution in [3.63, 3.8) is 0 Å². The summed E-state index contributed by atoms with van der Waals surface area (Å²) in [6.45, 7) is 10.1. The van der Waals surface area contributed by atoms with Gasteiger partial charge in [-0.2, -0.15) is 0 Å². The van der Waals surface area contributed by atoms with Gasteiger partial charge in [0.15, 0.2) is 5.78 Å². The van der Waals surface area contributed by atoms with Gasteiger partial charge in [0.1, 0.15) is 35.0 Å². The molecule has 0 bridgehead atoms. The average molecular weight is 851 g/mol. The van der Waals surface area contributed by atoms with Crippen LogP contribution in [0.15, 0.2) is 79.3 Å². The van der Waals surface area contributed by atoms with E-state index in [1.165, 1.54) is 17.7 Å². The van der Waals surface area contributed by atoms with Crippen LogP contribution in [-0.4, -0.2) is 112 Å². The lowest BCUT2D eigenvalue weighted by Gasteiger charge is -2.39. The molecule has 0 aliphatic carbocycles. The van der Waals surface area contributed by atoms with Crippen molar-refractivity contribution in [1.29, 1.82) is 0 Å². The highest BCUT2D eigenvalue weighted by atomic mass is 35.5. The Kier molecular flexibility index (Phi) is 13.4. The standard InChI is InChI=1S/C48H57ClF2N8O2/c1-2-33-4-3-5-37(28-33)38-29-41(50)44(42(51)30-38)47(61)59-20-13-34(14-21-59)31-57-26-24-56(25-27-57)19-15-36(35-6-9-39(49)10-7-35)8-11-43(60)48(52)16-22-58(23-17-48)46-40-12-18-53-45(40)54-32-55-46/h3-7,9-10,12,18,28-30,32,34,36H,2,8,11,13-17,19-27,31,52H2,1H3,(H,53,54,55)/t36-/m0/s1. The molecular formula is C48H57ClF2N8O2. The molecule has 8 rings (SSSR count). The summed E-state index contributed by atoms with van der Waals surface area (Å²) in [6, 6.07) is 20.2. The lowest BCUT2D eigenvalue weighted by atomic mass is 9.80. The van der Waals surface area contributed by atoms with Crippen LogP contribution in [0, 0.1) is 17.6 Å². The number of fused-ring (bicyclic) bond motifs is 1. The van der Waals surface area contributed by atoms with E-state index in [-0.39, 0.29) is 11.7 Å². The highest BCUT2D eigenvalue weighted by Gasteiger charge is 2.38. The van der Waals surface area contributed by atoms with Gasteiger partial charge in [0.2, 0.25) is 0 Å². The van der Waals surface area contributed by atoms with E-state index in [4.69, 9.17) is 17.3 Å². The van der Waals surface area contributed by atoms with Gasteiger partial charge in [-0.25, -0.2) is 18.7 Å². The number of aromatic amines is 1. The van der Waals surface area contributed by atoms with E-state index in [2.05, 4.69) is 41.8 Å². The van der Waals surface area contributed by atoms with Crippen LogP contribution in [0.2, 0.25) is 5.02 Å². The number of aromatic nitrogens is 3. The molecule has 322 valence electrons. The number of Topliss-reactive ketones (excluding diaryl/α,β-unsaturated/α-hetero) is 1. The number of anilines is 1. The molecule has 3 saturated heterocycles. The molecule has 3 fully saturated rings. The molecule has 5 heterocycles. The lowest BCUT2D eigenvalue weighted by Crippen LogP contribution is -2.56. The topological polar surface area (TPSA) is 115 Å². The second-order valence-electron chi connectivity index (χ2n) is 17.3. The van der Waals surface area contributed by atoms with Gasteiger partial charge in [-0.1, -0.05) is 54.9 Å². The Bertz CT molecular complexity index is 2270. The zero-order chi connectivity index (χ0) is 42.5. The number of nitrogens with one attached hydrogen (secondary N) is 1. The number of rotatable bonds is 14.